The largest absolute Gasteiger partial charge is 0.461 e. The normalized spacial score (nSPS) is 15.1. The van der Waals surface area contributed by atoms with E-state index in [1.54, 1.807) is 0 Å². The fourth-order valence-corrected chi connectivity index (χ4v) is 0.814. The van der Waals surface area contributed by atoms with Gasteiger partial charge in [0.15, 0.2) is 6.10 Å². The Morgan fingerprint density at radius 2 is 2.08 bits per heavy atom. The van der Waals surface area contributed by atoms with Gasteiger partial charge in [0.25, 0.3) is 0 Å². The zero-order valence-electron chi connectivity index (χ0n) is 8.19. The predicted molar refractivity (Wildman–Crippen MR) is 48.2 cm³/mol. The SMILES string of the molecule is CCCCC(O)C(=O)OCC(C)O. The van der Waals surface area contributed by atoms with Crippen LogP contribution in [0, 0.1) is 0 Å². The molecule has 78 valence electrons. The molecule has 0 aliphatic rings. The third-order valence-electron chi connectivity index (χ3n) is 1.57. The van der Waals surface area contributed by atoms with Crippen LogP contribution >= 0.6 is 0 Å². The summed E-state index contributed by atoms with van der Waals surface area (Å²) in [5, 5.41) is 18.0. The third kappa shape index (κ3) is 6.54. The standard InChI is InChI=1S/C9H18O4/c1-3-4-5-8(11)9(12)13-6-7(2)10/h7-8,10-11H,3-6H2,1-2H3. The molecule has 0 aromatic heterocycles. The van der Waals surface area contributed by atoms with Gasteiger partial charge in [-0.1, -0.05) is 19.8 Å². The van der Waals surface area contributed by atoms with Gasteiger partial charge in [-0.05, 0) is 13.3 Å². The molecule has 0 aromatic rings. The van der Waals surface area contributed by atoms with Gasteiger partial charge in [0.05, 0.1) is 6.10 Å². The maximum Gasteiger partial charge on any atom is 0.335 e. The van der Waals surface area contributed by atoms with Crippen LogP contribution in [0.5, 0.6) is 0 Å². The molecule has 0 rings (SSSR count). The predicted octanol–water partition coefficient (Wildman–Crippen LogP) is 0.461. The van der Waals surface area contributed by atoms with Crippen molar-refractivity contribution in [1.29, 1.82) is 0 Å². The van der Waals surface area contributed by atoms with E-state index >= 15 is 0 Å². The van der Waals surface area contributed by atoms with E-state index in [2.05, 4.69) is 4.74 Å². The molecule has 0 aromatic carbocycles. The molecule has 0 aliphatic heterocycles. The Hall–Kier alpha value is -0.610. The van der Waals surface area contributed by atoms with Gasteiger partial charge < -0.3 is 14.9 Å². The number of hydrogen-bond acceptors (Lipinski definition) is 4. The monoisotopic (exact) mass is 190 g/mol. The summed E-state index contributed by atoms with van der Waals surface area (Å²) in [7, 11) is 0. The first-order chi connectivity index (χ1) is 6.07. The fourth-order valence-electron chi connectivity index (χ4n) is 0.814. The molecule has 0 aliphatic carbocycles. The van der Waals surface area contributed by atoms with Gasteiger partial charge in [-0.3, -0.25) is 0 Å². The molecule has 0 radical (unpaired) electrons. The highest BCUT2D eigenvalue weighted by Crippen LogP contribution is 2.02. The van der Waals surface area contributed by atoms with Gasteiger partial charge in [0.1, 0.15) is 6.61 Å². The van der Waals surface area contributed by atoms with Crippen molar-refractivity contribution in [2.45, 2.75) is 45.3 Å². The maximum atomic E-state index is 11.0. The summed E-state index contributed by atoms with van der Waals surface area (Å²) in [6.45, 7) is 3.45. The van der Waals surface area contributed by atoms with Crippen LogP contribution in [0.2, 0.25) is 0 Å². The number of hydrogen-bond donors (Lipinski definition) is 2. The first-order valence-electron chi connectivity index (χ1n) is 4.60. The molecule has 0 amide bonds. The first-order valence-corrected chi connectivity index (χ1v) is 4.60. The lowest BCUT2D eigenvalue weighted by atomic mass is 10.2. The number of unbranched alkanes of at least 4 members (excludes halogenated alkanes) is 1. The highest BCUT2D eigenvalue weighted by atomic mass is 16.6. The van der Waals surface area contributed by atoms with E-state index in [4.69, 9.17) is 5.11 Å². The lowest BCUT2D eigenvalue weighted by molar-refractivity contribution is -0.156. The average Bonchev–Trinajstić information content (AvgIpc) is 2.10. The molecule has 0 saturated carbocycles. The molecule has 0 saturated heterocycles. The first kappa shape index (κ1) is 12.4. The number of carbonyl (C=O) groups is 1. The van der Waals surface area contributed by atoms with Crippen molar-refractivity contribution in [3.63, 3.8) is 0 Å². The summed E-state index contributed by atoms with van der Waals surface area (Å²) in [6.07, 6.45) is 0.432. The number of rotatable bonds is 6. The maximum absolute atomic E-state index is 11.0. The second-order valence-electron chi connectivity index (χ2n) is 3.14. The molecular weight excluding hydrogens is 172 g/mol. The second kappa shape index (κ2) is 6.86. The fraction of sp³-hybridized carbons (Fsp3) is 0.889. The van der Waals surface area contributed by atoms with E-state index < -0.39 is 18.2 Å². The van der Waals surface area contributed by atoms with Crippen LogP contribution in [-0.4, -0.2) is 35.0 Å². The van der Waals surface area contributed by atoms with E-state index in [0.29, 0.717) is 6.42 Å². The van der Waals surface area contributed by atoms with Crippen molar-refractivity contribution in [2.24, 2.45) is 0 Å². The molecule has 0 fully saturated rings. The van der Waals surface area contributed by atoms with Gasteiger partial charge in [0.2, 0.25) is 0 Å². The molecule has 2 unspecified atom stereocenters. The summed E-state index contributed by atoms with van der Waals surface area (Å²) >= 11 is 0. The van der Waals surface area contributed by atoms with Crippen LogP contribution in [0.25, 0.3) is 0 Å². The topological polar surface area (TPSA) is 66.8 Å². The zero-order valence-corrected chi connectivity index (χ0v) is 8.19. The summed E-state index contributed by atoms with van der Waals surface area (Å²) in [4.78, 5) is 11.0. The van der Waals surface area contributed by atoms with E-state index in [9.17, 15) is 9.90 Å². The van der Waals surface area contributed by atoms with Gasteiger partial charge in [0, 0.05) is 0 Å². The van der Waals surface area contributed by atoms with Gasteiger partial charge in [-0.15, -0.1) is 0 Å². The Morgan fingerprint density at radius 1 is 1.46 bits per heavy atom. The van der Waals surface area contributed by atoms with Crippen LogP contribution in [0.3, 0.4) is 0 Å². The molecule has 2 atom stereocenters. The molecule has 0 spiro atoms. The van der Waals surface area contributed by atoms with E-state index in [1.165, 1.54) is 6.92 Å². The van der Waals surface area contributed by atoms with E-state index in [0.717, 1.165) is 12.8 Å². The van der Waals surface area contributed by atoms with Crippen molar-refractivity contribution in [3.8, 4) is 0 Å². The number of aliphatic hydroxyl groups is 2. The van der Waals surface area contributed by atoms with Crippen molar-refractivity contribution >= 4 is 5.97 Å². The third-order valence-corrected chi connectivity index (χ3v) is 1.57. The summed E-state index contributed by atoms with van der Waals surface area (Å²) in [5.74, 6) is -0.644. The van der Waals surface area contributed by atoms with Crippen molar-refractivity contribution in [1.82, 2.24) is 0 Å². The Balaban J connectivity index is 3.57. The van der Waals surface area contributed by atoms with E-state index in [1.807, 2.05) is 6.92 Å². The van der Waals surface area contributed by atoms with Crippen LogP contribution in [0.1, 0.15) is 33.1 Å². The molecule has 13 heavy (non-hydrogen) atoms. The van der Waals surface area contributed by atoms with E-state index in [-0.39, 0.29) is 6.61 Å². The lowest BCUT2D eigenvalue weighted by Gasteiger charge is -2.10. The van der Waals surface area contributed by atoms with Crippen molar-refractivity contribution in [3.05, 3.63) is 0 Å². The Kier molecular flexibility index (Phi) is 6.54. The number of esters is 1. The highest BCUT2D eigenvalue weighted by Gasteiger charge is 2.15. The number of ether oxygens (including phenoxy) is 1. The molecular formula is C9H18O4. The minimum Gasteiger partial charge on any atom is -0.461 e. The molecule has 4 nitrogen and oxygen atoms in total. The minimum absolute atomic E-state index is 0.0536. The minimum atomic E-state index is -1.04. The average molecular weight is 190 g/mol. The Bertz CT molecular complexity index is 145. The van der Waals surface area contributed by atoms with Crippen LogP contribution < -0.4 is 0 Å². The Labute approximate surface area is 78.5 Å². The molecule has 0 heterocycles. The Morgan fingerprint density at radius 3 is 2.54 bits per heavy atom. The highest BCUT2D eigenvalue weighted by molar-refractivity contribution is 5.74. The zero-order chi connectivity index (χ0) is 10.3. The van der Waals surface area contributed by atoms with Gasteiger partial charge in [-0.2, -0.15) is 0 Å². The quantitative estimate of drug-likeness (QED) is 0.597. The summed E-state index contributed by atoms with van der Waals surface area (Å²) in [6, 6.07) is 0. The molecule has 0 bridgehead atoms. The smallest absolute Gasteiger partial charge is 0.335 e. The van der Waals surface area contributed by atoms with Crippen molar-refractivity contribution < 1.29 is 19.7 Å². The lowest BCUT2D eigenvalue weighted by Crippen LogP contribution is -2.26. The van der Waals surface area contributed by atoms with Gasteiger partial charge in [-0.25, -0.2) is 4.79 Å². The van der Waals surface area contributed by atoms with Crippen LogP contribution in [0.4, 0.5) is 0 Å². The number of aliphatic hydroxyl groups excluding tert-OH is 2. The molecule has 4 heteroatoms. The van der Waals surface area contributed by atoms with Crippen molar-refractivity contribution in [2.75, 3.05) is 6.61 Å². The summed E-state index contributed by atoms with van der Waals surface area (Å²) < 4.78 is 4.62. The van der Waals surface area contributed by atoms with Crippen LogP contribution in [-0.2, 0) is 9.53 Å². The second-order valence-corrected chi connectivity index (χ2v) is 3.14. The summed E-state index contributed by atoms with van der Waals surface area (Å²) in [5.41, 5.74) is 0. The molecule has 2 N–H and O–H groups in total. The van der Waals surface area contributed by atoms with Crippen LogP contribution in [0.15, 0.2) is 0 Å². The number of carbonyl (C=O) groups excluding carboxylic acids is 1. The van der Waals surface area contributed by atoms with Gasteiger partial charge >= 0.3 is 5.97 Å².